The molecule has 0 aliphatic carbocycles. The normalized spacial score (nSPS) is 14.4. The van der Waals surface area contributed by atoms with Crippen LogP contribution in [0.25, 0.3) is 5.69 Å². The van der Waals surface area contributed by atoms with Crippen molar-refractivity contribution in [3.8, 4) is 11.4 Å². The number of nitrogens with one attached hydrogen (secondary N) is 1. The number of nitrogens with zero attached hydrogens (tertiary/aromatic N) is 5. The number of carbonyl (C=O) groups excluding carboxylic acids is 1. The van der Waals surface area contributed by atoms with Crippen LogP contribution in [0.3, 0.4) is 0 Å². The van der Waals surface area contributed by atoms with Crippen molar-refractivity contribution >= 4 is 23.5 Å². The van der Waals surface area contributed by atoms with Crippen LogP contribution in [0.15, 0.2) is 54.1 Å². The fourth-order valence-corrected chi connectivity index (χ4v) is 4.33. The Balaban J connectivity index is 1.26. The Labute approximate surface area is 192 Å². The van der Waals surface area contributed by atoms with Crippen LogP contribution in [0.1, 0.15) is 25.3 Å². The summed E-state index contributed by atoms with van der Waals surface area (Å²) in [6.07, 6.45) is 5.91. The van der Waals surface area contributed by atoms with E-state index in [1.807, 2.05) is 47.2 Å². The fourth-order valence-electron chi connectivity index (χ4n) is 3.57. The minimum atomic E-state index is -0.0617. The molecular weight excluding hydrogens is 424 g/mol. The average Bonchev–Trinajstić information content (AvgIpc) is 3.31. The number of anilines is 1. The highest BCUT2D eigenvalue weighted by Gasteiger charge is 2.17. The van der Waals surface area contributed by atoms with Gasteiger partial charge in [-0.1, -0.05) is 24.8 Å². The van der Waals surface area contributed by atoms with E-state index in [0.717, 1.165) is 41.8 Å². The zero-order valence-corrected chi connectivity index (χ0v) is 19.2. The summed E-state index contributed by atoms with van der Waals surface area (Å²) in [5.41, 5.74) is 1.90. The van der Waals surface area contributed by atoms with Gasteiger partial charge in [0.2, 0.25) is 5.91 Å². The number of aromatic nitrogens is 4. The van der Waals surface area contributed by atoms with E-state index in [0.29, 0.717) is 11.7 Å². The zero-order valence-electron chi connectivity index (χ0n) is 18.4. The number of hydrogen-bond donors (Lipinski definition) is 1. The second kappa shape index (κ2) is 10.5. The molecule has 3 heterocycles. The van der Waals surface area contributed by atoms with Crippen molar-refractivity contribution < 1.29 is 9.53 Å². The van der Waals surface area contributed by atoms with Crippen LogP contribution < -0.4 is 15.0 Å². The van der Waals surface area contributed by atoms with Crippen molar-refractivity contribution in [1.82, 2.24) is 25.1 Å². The van der Waals surface area contributed by atoms with Gasteiger partial charge in [0.25, 0.3) is 0 Å². The Bertz CT molecular complexity index is 1010. The average molecular weight is 453 g/mol. The van der Waals surface area contributed by atoms with Crippen molar-refractivity contribution in [3.63, 3.8) is 0 Å². The largest absolute Gasteiger partial charge is 0.497 e. The summed E-state index contributed by atoms with van der Waals surface area (Å²) in [6, 6.07) is 11.7. The van der Waals surface area contributed by atoms with E-state index in [2.05, 4.69) is 32.3 Å². The number of piperidine rings is 1. The summed E-state index contributed by atoms with van der Waals surface area (Å²) in [7, 11) is 1.63. The molecule has 1 saturated heterocycles. The highest BCUT2D eigenvalue weighted by Crippen LogP contribution is 2.22. The standard InChI is InChI=1S/C23H28N6O2S/c1-17-9-11-28(12-10-17)21-8-3-18(13-24-21)14-25-22(30)15-32-23-27-26-16-29(23)19-4-6-20(31-2)7-5-19/h3-8,13,16-17H,9-12,14-15H2,1-2H3,(H,25,30). The lowest BCUT2D eigenvalue weighted by Crippen LogP contribution is -2.33. The van der Waals surface area contributed by atoms with E-state index < -0.39 is 0 Å². The minimum absolute atomic E-state index is 0.0617. The number of ether oxygens (including phenoxy) is 1. The second-order valence-electron chi connectivity index (χ2n) is 7.94. The predicted octanol–water partition coefficient (Wildman–Crippen LogP) is 3.32. The SMILES string of the molecule is COc1ccc(-n2cnnc2SCC(=O)NCc2ccc(N3CCC(C)CC3)nc2)cc1. The highest BCUT2D eigenvalue weighted by molar-refractivity contribution is 7.99. The molecule has 3 aromatic rings. The topological polar surface area (TPSA) is 85.2 Å². The van der Waals surface area contributed by atoms with Gasteiger partial charge in [-0.2, -0.15) is 0 Å². The lowest BCUT2D eigenvalue weighted by molar-refractivity contribution is -0.118. The molecule has 168 valence electrons. The third-order valence-corrected chi connectivity index (χ3v) is 6.55. The van der Waals surface area contributed by atoms with Crippen LogP contribution >= 0.6 is 11.8 Å². The number of pyridine rings is 1. The molecule has 0 bridgehead atoms. The predicted molar refractivity (Wildman–Crippen MR) is 125 cm³/mol. The van der Waals surface area contributed by atoms with E-state index in [4.69, 9.17) is 4.74 Å². The highest BCUT2D eigenvalue weighted by atomic mass is 32.2. The monoisotopic (exact) mass is 452 g/mol. The third-order valence-electron chi connectivity index (χ3n) is 5.61. The summed E-state index contributed by atoms with van der Waals surface area (Å²) in [6.45, 7) is 4.87. The Morgan fingerprint density at radius 1 is 1.19 bits per heavy atom. The van der Waals surface area contributed by atoms with Gasteiger partial charge in [0.15, 0.2) is 5.16 Å². The summed E-state index contributed by atoms with van der Waals surface area (Å²) < 4.78 is 7.04. The van der Waals surface area contributed by atoms with Gasteiger partial charge in [-0.25, -0.2) is 4.98 Å². The van der Waals surface area contributed by atoms with Gasteiger partial charge in [0, 0.05) is 31.5 Å². The lowest BCUT2D eigenvalue weighted by atomic mass is 9.99. The van der Waals surface area contributed by atoms with Gasteiger partial charge < -0.3 is 15.0 Å². The van der Waals surface area contributed by atoms with Crippen LogP contribution in [-0.2, 0) is 11.3 Å². The maximum atomic E-state index is 12.4. The van der Waals surface area contributed by atoms with Crippen molar-refractivity contribution in [3.05, 3.63) is 54.5 Å². The van der Waals surface area contributed by atoms with Gasteiger partial charge in [0.05, 0.1) is 12.9 Å². The molecule has 0 atom stereocenters. The van der Waals surface area contributed by atoms with Gasteiger partial charge in [-0.15, -0.1) is 10.2 Å². The van der Waals surface area contributed by atoms with Crippen molar-refractivity contribution in [2.75, 3.05) is 30.9 Å². The molecule has 1 fully saturated rings. The zero-order chi connectivity index (χ0) is 22.3. The fraction of sp³-hybridized carbons (Fsp3) is 0.391. The van der Waals surface area contributed by atoms with Crippen LogP contribution in [0, 0.1) is 5.92 Å². The Kier molecular flexibility index (Phi) is 7.26. The van der Waals surface area contributed by atoms with E-state index >= 15 is 0 Å². The Hall–Kier alpha value is -3.07. The van der Waals surface area contributed by atoms with E-state index in [9.17, 15) is 4.79 Å². The van der Waals surface area contributed by atoms with E-state index in [1.54, 1.807) is 13.4 Å². The van der Waals surface area contributed by atoms with Gasteiger partial charge >= 0.3 is 0 Å². The summed E-state index contributed by atoms with van der Waals surface area (Å²) in [5, 5.41) is 11.7. The minimum Gasteiger partial charge on any atom is -0.497 e. The molecule has 32 heavy (non-hydrogen) atoms. The Morgan fingerprint density at radius 2 is 1.97 bits per heavy atom. The smallest absolute Gasteiger partial charge is 0.230 e. The molecular formula is C23H28N6O2S. The number of thioether (sulfide) groups is 1. The molecule has 0 radical (unpaired) electrons. The van der Waals surface area contributed by atoms with Crippen LogP contribution in [0.4, 0.5) is 5.82 Å². The summed E-state index contributed by atoms with van der Waals surface area (Å²) >= 11 is 1.35. The van der Waals surface area contributed by atoms with Gasteiger partial charge in [-0.3, -0.25) is 9.36 Å². The maximum absolute atomic E-state index is 12.4. The molecule has 1 N–H and O–H groups in total. The molecule has 1 aliphatic rings. The first-order chi connectivity index (χ1) is 15.6. The van der Waals surface area contributed by atoms with Gasteiger partial charge in [0.1, 0.15) is 17.9 Å². The number of amides is 1. The maximum Gasteiger partial charge on any atom is 0.230 e. The summed E-state index contributed by atoms with van der Waals surface area (Å²) in [4.78, 5) is 19.3. The Morgan fingerprint density at radius 3 is 2.66 bits per heavy atom. The number of carbonyl (C=O) groups is 1. The van der Waals surface area contributed by atoms with E-state index in [1.165, 1.54) is 24.6 Å². The number of rotatable bonds is 8. The second-order valence-corrected chi connectivity index (χ2v) is 8.88. The number of hydrogen-bond acceptors (Lipinski definition) is 7. The molecule has 8 nitrogen and oxygen atoms in total. The number of methoxy groups -OCH3 is 1. The third kappa shape index (κ3) is 5.59. The summed E-state index contributed by atoms with van der Waals surface area (Å²) in [5.74, 6) is 2.78. The van der Waals surface area contributed by atoms with E-state index in [-0.39, 0.29) is 11.7 Å². The number of benzene rings is 1. The van der Waals surface area contributed by atoms with Crippen molar-refractivity contribution in [2.24, 2.45) is 5.92 Å². The lowest BCUT2D eigenvalue weighted by Gasteiger charge is -2.31. The van der Waals surface area contributed by atoms with Crippen molar-refractivity contribution in [1.29, 1.82) is 0 Å². The molecule has 2 aromatic heterocycles. The first-order valence-corrected chi connectivity index (χ1v) is 11.7. The first-order valence-electron chi connectivity index (χ1n) is 10.8. The van der Waals surface area contributed by atoms with Gasteiger partial charge in [-0.05, 0) is 54.7 Å². The molecule has 0 spiro atoms. The van der Waals surface area contributed by atoms with Crippen LogP contribution in [-0.4, -0.2) is 51.6 Å². The molecule has 9 heteroatoms. The molecule has 1 aromatic carbocycles. The first kappa shape index (κ1) is 22.1. The van der Waals surface area contributed by atoms with Crippen molar-refractivity contribution in [2.45, 2.75) is 31.5 Å². The molecule has 1 amide bonds. The molecule has 0 saturated carbocycles. The van der Waals surface area contributed by atoms with Crippen LogP contribution in [0.2, 0.25) is 0 Å². The van der Waals surface area contributed by atoms with Crippen LogP contribution in [0.5, 0.6) is 5.75 Å². The molecule has 4 rings (SSSR count). The molecule has 1 aliphatic heterocycles. The molecule has 0 unspecified atom stereocenters. The quantitative estimate of drug-likeness (QED) is 0.525.